The normalized spacial score (nSPS) is 11.3. The molecule has 0 saturated heterocycles. The minimum Gasteiger partial charge on any atom is -0.497 e. The summed E-state index contributed by atoms with van der Waals surface area (Å²) in [4.78, 5) is 22.3. The quantitative estimate of drug-likeness (QED) is 0.0935. The lowest BCUT2D eigenvalue weighted by molar-refractivity contribution is -0.192. The maximum absolute atomic E-state index is 13.4. The fourth-order valence-electron chi connectivity index (χ4n) is 3.44. The first-order valence-corrected chi connectivity index (χ1v) is 12.9. The summed E-state index contributed by atoms with van der Waals surface area (Å²) < 4.78 is 48.7. The van der Waals surface area contributed by atoms with Gasteiger partial charge in [0.25, 0.3) is 5.91 Å². The molecule has 43 heavy (non-hydrogen) atoms. The molecule has 7 N–H and O–H groups in total. The zero-order chi connectivity index (χ0) is 32.2. The van der Waals surface area contributed by atoms with E-state index in [2.05, 4.69) is 16.2 Å². The molecule has 0 aliphatic rings. The van der Waals surface area contributed by atoms with Crippen LogP contribution in [0.5, 0.6) is 17.2 Å². The van der Waals surface area contributed by atoms with Crippen LogP contribution in [0.25, 0.3) is 0 Å². The van der Waals surface area contributed by atoms with E-state index >= 15 is 0 Å². The minimum atomic E-state index is -5.08. The van der Waals surface area contributed by atoms with Gasteiger partial charge in [0.15, 0.2) is 11.5 Å². The lowest BCUT2D eigenvalue weighted by Gasteiger charge is -2.22. The Morgan fingerprint density at radius 2 is 1.65 bits per heavy atom. The van der Waals surface area contributed by atoms with Crippen molar-refractivity contribution in [3.8, 4) is 17.2 Å². The van der Waals surface area contributed by atoms with E-state index in [-0.39, 0.29) is 17.8 Å². The van der Waals surface area contributed by atoms with Crippen LogP contribution < -0.4 is 36.1 Å². The van der Waals surface area contributed by atoms with E-state index in [1.807, 2.05) is 45.0 Å². The Labute approximate surface area is 246 Å². The average molecular weight is 606 g/mol. The van der Waals surface area contributed by atoms with Crippen LogP contribution in [-0.4, -0.2) is 48.8 Å². The SMILES string of the molecule is CCOc1cc(C(Nc2ccc(C(=N)N)cc2)C(=O)NNc2cccc(OC)c2)ccc1OC(C)C.O=C(O)C(F)(F)F. The summed E-state index contributed by atoms with van der Waals surface area (Å²) in [6, 6.07) is 18.9. The molecule has 0 aliphatic carbocycles. The molecule has 14 heteroatoms. The molecule has 3 rings (SSSR count). The van der Waals surface area contributed by atoms with Gasteiger partial charge in [0.05, 0.1) is 25.5 Å². The van der Waals surface area contributed by atoms with E-state index in [9.17, 15) is 18.0 Å². The number of halogens is 3. The molecule has 232 valence electrons. The molecule has 0 spiro atoms. The molecule has 1 unspecified atom stereocenters. The van der Waals surface area contributed by atoms with E-state index in [1.165, 1.54) is 0 Å². The highest BCUT2D eigenvalue weighted by molar-refractivity contribution is 5.95. The number of amides is 1. The van der Waals surface area contributed by atoms with E-state index in [0.29, 0.717) is 46.4 Å². The number of amidine groups is 1. The first-order chi connectivity index (χ1) is 20.2. The van der Waals surface area contributed by atoms with Gasteiger partial charge in [-0.2, -0.15) is 13.2 Å². The molecule has 3 aromatic rings. The van der Waals surface area contributed by atoms with Gasteiger partial charge in [0, 0.05) is 17.3 Å². The van der Waals surface area contributed by atoms with Gasteiger partial charge in [-0.3, -0.25) is 21.1 Å². The highest BCUT2D eigenvalue weighted by atomic mass is 19.4. The molecule has 3 aromatic carbocycles. The summed E-state index contributed by atoms with van der Waals surface area (Å²) in [5.74, 6) is -1.29. The van der Waals surface area contributed by atoms with Gasteiger partial charge in [-0.25, -0.2) is 4.79 Å². The minimum absolute atomic E-state index is 0.0274. The molecular weight excluding hydrogens is 571 g/mol. The van der Waals surface area contributed by atoms with E-state index in [0.717, 1.165) is 0 Å². The number of alkyl halides is 3. The Kier molecular flexibility index (Phi) is 12.5. The van der Waals surface area contributed by atoms with Crippen molar-refractivity contribution < 1.29 is 42.1 Å². The van der Waals surface area contributed by atoms with Crippen molar-refractivity contribution in [3.63, 3.8) is 0 Å². The molecule has 0 aromatic heterocycles. The van der Waals surface area contributed by atoms with Gasteiger partial charge in [-0.15, -0.1) is 0 Å². The number of nitrogens with one attached hydrogen (secondary N) is 4. The van der Waals surface area contributed by atoms with Gasteiger partial charge in [0.2, 0.25) is 0 Å². The number of hydrogen-bond donors (Lipinski definition) is 6. The van der Waals surface area contributed by atoms with Crippen LogP contribution >= 0.6 is 0 Å². The monoisotopic (exact) mass is 605 g/mol. The first kappa shape index (κ1) is 34.1. The lowest BCUT2D eigenvalue weighted by atomic mass is 10.0. The summed E-state index contributed by atoms with van der Waals surface area (Å²) in [5.41, 5.74) is 13.9. The first-order valence-electron chi connectivity index (χ1n) is 12.9. The number of ether oxygens (including phenoxy) is 3. The molecule has 0 saturated carbocycles. The third-order valence-corrected chi connectivity index (χ3v) is 5.37. The van der Waals surface area contributed by atoms with Crippen LogP contribution in [-0.2, 0) is 9.59 Å². The largest absolute Gasteiger partial charge is 0.497 e. The zero-order valence-electron chi connectivity index (χ0n) is 23.9. The van der Waals surface area contributed by atoms with Gasteiger partial charge in [-0.05, 0) is 74.9 Å². The Balaban J connectivity index is 0.000000821. The number of hydrogen-bond acceptors (Lipinski definition) is 8. The average Bonchev–Trinajstić information content (AvgIpc) is 2.95. The molecule has 0 aliphatic heterocycles. The van der Waals surface area contributed by atoms with E-state index < -0.39 is 18.2 Å². The molecule has 0 bridgehead atoms. The number of aliphatic carboxylic acids is 1. The van der Waals surface area contributed by atoms with Gasteiger partial charge >= 0.3 is 12.1 Å². The Morgan fingerprint density at radius 1 is 1.00 bits per heavy atom. The molecule has 11 nitrogen and oxygen atoms in total. The second-order valence-electron chi connectivity index (χ2n) is 9.02. The third-order valence-electron chi connectivity index (χ3n) is 5.37. The molecule has 1 atom stereocenters. The Hall–Kier alpha value is -5.14. The number of hydrazine groups is 1. The van der Waals surface area contributed by atoms with Crippen molar-refractivity contribution in [2.45, 2.75) is 39.1 Å². The van der Waals surface area contributed by atoms with Crippen molar-refractivity contribution in [2.75, 3.05) is 24.5 Å². The van der Waals surface area contributed by atoms with Crippen molar-refractivity contribution in [1.82, 2.24) is 5.43 Å². The number of anilines is 2. The number of carbonyl (C=O) groups excluding carboxylic acids is 1. The van der Waals surface area contributed by atoms with E-state index in [1.54, 1.807) is 49.6 Å². The highest BCUT2D eigenvalue weighted by Gasteiger charge is 2.38. The number of nitrogen functional groups attached to an aromatic ring is 1. The molecule has 1 amide bonds. The number of carboxylic acids is 1. The number of carboxylic acid groups (broad SMARTS) is 1. The summed E-state index contributed by atoms with van der Waals surface area (Å²) in [5, 5.41) is 18.0. The number of methoxy groups -OCH3 is 1. The van der Waals surface area contributed by atoms with Crippen LogP contribution in [0.15, 0.2) is 66.7 Å². The Bertz CT molecular complexity index is 1380. The number of carbonyl (C=O) groups is 2. The fraction of sp³-hybridized carbons (Fsp3) is 0.276. The fourth-order valence-corrected chi connectivity index (χ4v) is 3.44. The van der Waals surface area contributed by atoms with Gasteiger partial charge in [-0.1, -0.05) is 12.1 Å². The molecule has 0 heterocycles. The number of rotatable bonds is 12. The standard InChI is InChI=1S/C27H33N5O4.C2HF3O2/c1-5-35-24-15-19(11-14-23(24)36-17(2)3)25(30-20-12-9-18(10-13-20)26(28)29)27(33)32-31-21-7-6-8-22(16-21)34-4;3-2(4,5)1(6)7/h6-17,25,30-31H,5H2,1-4H3,(H3,28,29)(H,32,33);(H,6,7). The Morgan fingerprint density at radius 3 is 2.19 bits per heavy atom. The van der Waals surface area contributed by atoms with Crippen LogP contribution in [0.4, 0.5) is 24.5 Å². The second-order valence-corrected chi connectivity index (χ2v) is 9.02. The van der Waals surface area contributed by atoms with Crippen LogP contribution in [0, 0.1) is 5.41 Å². The second kappa shape index (κ2) is 15.7. The van der Waals surface area contributed by atoms with Crippen molar-refractivity contribution in [1.29, 1.82) is 5.41 Å². The van der Waals surface area contributed by atoms with Crippen molar-refractivity contribution in [3.05, 3.63) is 77.9 Å². The predicted octanol–water partition coefficient (Wildman–Crippen LogP) is 5.09. The number of nitrogens with two attached hydrogens (primary N) is 1. The zero-order valence-corrected chi connectivity index (χ0v) is 23.9. The summed E-state index contributed by atoms with van der Waals surface area (Å²) in [6.45, 7) is 6.22. The van der Waals surface area contributed by atoms with Crippen LogP contribution in [0.2, 0.25) is 0 Å². The van der Waals surface area contributed by atoms with E-state index in [4.69, 9.17) is 35.3 Å². The molecule has 0 radical (unpaired) electrons. The molecular formula is C29H34F3N5O6. The summed E-state index contributed by atoms with van der Waals surface area (Å²) in [6.07, 6.45) is -5.11. The van der Waals surface area contributed by atoms with Crippen molar-refractivity contribution in [2.24, 2.45) is 5.73 Å². The summed E-state index contributed by atoms with van der Waals surface area (Å²) >= 11 is 0. The van der Waals surface area contributed by atoms with Crippen LogP contribution in [0.1, 0.15) is 37.9 Å². The molecule has 0 fully saturated rings. The topological polar surface area (TPSA) is 168 Å². The van der Waals surface area contributed by atoms with Gasteiger partial charge in [0.1, 0.15) is 17.6 Å². The lowest BCUT2D eigenvalue weighted by Crippen LogP contribution is -2.37. The third kappa shape index (κ3) is 11.0. The van der Waals surface area contributed by atoms with Crippen molar-refractivity contribution >= 4 is 29.1 Å². The summed E-state index contributed by atoms with van der Waals surface area (Å²) in [7, 11) is 1.58. The van der Waals surface area contributed by atoms with Gasteiger partial charge < -0.3 is 30.4 Å². The maximum atomic E-state index is 13.4. The highest BCUT2D eigenvalue weighted by Crippen LogP contribution is 2.33. The smallest absolute Gasteiger partial charge is 0.490 e. The maximum Gasteiger partial charge on any atom is 0.490 e. The van der Waals surface area contributed by atoms with Crippen LogP contribution in [0.3, 0.4) is 0 Å². The predicted molar refractivity (Wildman–Crippen MR) is 156 cm³/mol. The number of benzene rings is 3.